The summed E-state index contributed by atoms with van der Waals surface area (Å²) in [5.74, 6) is -1.16. The van der Waals surface area contributed by atoms with Crippen molar-refractivity contribution in [2.75, 3.05) is 19.0 Å². The molecule has 1 aromatic heterocycles. The van der Waals surface area contributed by atoms with Crippen molar-refractivity contribution in [1.82, 2.24) is 4.57 Å². The van der Waals surface area contributed by atoms with Crippen molar-refractivity contribution in [3.8, 4) is 0 Å². The monoisotopic (exact) mass is 290 g/mol. The second-order valence-electron chi connectivity index (χ2n) is 4.38. The van der Waals surface area contributed by atoms with Crippen LogP contribution in [0.25, 0.3) is 0 Å². The van der Waals surface area contributed by atoms with Gasteiger partial charge in [0, 0.05) is 25.9 Å². The van der Waals surface area contributed by atoms with Gasteiger partial charge in [-0.3, -0.25) is 9.59 Å². The minimum atomic E-state index is -0.595. The van der Waals surface area contributed by atoms with Gasteiger partial charge in [-0.1, -0.05) is 12.1 Å². The highest BCUT2D eigenvalue weighted by Crippen LogP contribution is 2.10. The van der Waals surface area contributed by atoms with Crippen LogP contribution in [0.2, 0.25) is 0 Å². The number of amides is 1. The largest absolute Gasteiger partial charge is 0.383 e. The van der Waals surface area contributed by atoms with Gasteiger partial charge in [0.1, 0.15) is 5.82 Å². The van der Waals surface area contributed by atoms with Crippen molar-refractivity contribution in [2.24, 2.45) is 0 Å². The molecule has 0 aliphatic heterocycles. The van der Waals surface area contributed by atoms with Gasteiger partial charge in [0.15, 0.2) is 0 Å². The number of carbonyl (C=O) groups excluding carboxylic acids is 1. The molecule has 0 unspecified atom stereocenters. The highest BCUT2D eigenvalue weighted by molar-refractivity contribution is 6.04. The summed E-state index contributed by atoms with van der Waals surface area (Å²) in [6.45, 7) is 0.753. The molecule has 1 aromatic carbocycles. The zero-order chi connectivity index (χ0) is 15.2. The molecule has 1 N–H and O–H groups in total. The van der Waals surface area contributed by atoms with Crippen LogP contribution in [0, 0.1) is 5.82 Å². The summed E-state index contributed by atoms with van der Waals surface area (Å²) in [6, 6.07) is 8.52. The lowest BCUT2D eigenvalue weighted by molar-refractivity contribution is 0.102. The lowest BCUT2D eigenvalue weighted by Gasteiger charge is -2.09. The Balaban J connectivity index is 2.18. The van der Waals surface area contributed by atoms with Crippen molar-refractivity contribution in [3.63, 3.8) is 0 Å². The number of carbonyl (C=O) groups is 1. The third-order valence-electron chi connectivity index (χ3n) is 2.90. The molecule has 0 aliphatic carbocycles. The molecule has 1 amide bonds. The van der Waals surface area contributed by atoms with Crippen LogP contribution in [0.5, 0.6) is 0 Å². The molecule has 0 saturated heterocycles. The molecule has 0 spiro atoms. The van der Waals surface area contributed by atoms with Crippen LogP contribution < -0.4 is 10.9 Å². The molecular formula is C15H15FN2O3. The van der Waals surface area contributed by atoms with Gasteiger partial charge in [-0.2, -0.15) is 0 Å². The van der Waals surface area contributed by atoms with E-state index in [2.05, 4.69) is 5.32 Å². The van der Waals surface area contributed by atoms with Gasteiger partial charge in [-0.05, 0) is 18.2 Å². The molecule has 0 bridgehead atoms. The van der Waals surface area contributed by atoms with Crippen LogP contribution in [0.3, 0.4) is 0 Å². The predicted octanol–water partition coefficient (Wildman–Crippen LogP) is 1.89. The van der Waals surface area contributed by atoms with Gasteiger partial charge in [0.05, 0.1) is 17.9 Å². The Kier molecular flexibility index (Phi) is 4.84. The van der Waals surface area contributed by atoms with Crippen molar-refractivity contribution in [1.29, 1.82) is 0 Å². The summed E-state index contributed by atoms with van der Waals surface area (Å²) in [5.41, 5.74) is 0.169. The second-order valence-corrected chi connectivity index (χ2v) is 4.38. The predicted molar refractivity (Wildman–Crippen MR) is 76.9 cm³/mol. The summed E-state index contributed by atoms with van der Waals surface area (Å²) in [4.78, 5) is 23.6. The molecule has 110 valence electrons. The highest BCUT2D eigenvalue weighted by atomic mass is 19.1. The Morgan fingerprint density at radius 3 is 2.76 bits per heavy atom. The molecule has 0 atom stereocenters. The van der Waals surface area contributed by atoms with Gasteiger partial charge in [-0.25, -0.2) is 4.39 Å². The van der Waals surface area contributed by atoms with E-state index >= 15 is 0 Å². The van der Waals surface area contributed by atoms with E-state index in [1.54, 1.807) is 6.07 Å². The zero-order valence-electron chi connectivity index (χ0n) is 11.5. The Hall–Kier alpha value is -2.47. The van der Waals surface area contributed by atoms with Gasteiger partial charge < -0.3 is 14.6 Å². The quantitative estimate of drug-likeness (QED) is 0.914. The maximum absolute atomic E-state index is 13.5. The van der Waals surface area contributed by atoms with Crippen molar-refractivity contribution >= 4 is 11.6 Å². The van der Waals surface area contributed by atoms with Crippen LogP contribution in [-0.4, -0.2) is 24.2 Å². The van der Waals surface area contributed by atoms with Gasteiger partial charge in [-0.15, -0.1) is 0 Å². The number of hydrogen-bond acceptors (Lipinski definition) is 3. The smallest absolute Gasteiger partial charge is 0.258 e. The van der Waals surface area contributed by atoms with Crippen LogP contribution in [0.1, 0.15) is 10.4 Å². The molecule has 1 heterocycles. The summed E-state index contributed by atoms with van der Waals surface area (Å²) < 4.78 is 19.8. The SMILES string of the molecule is COCCn1cc(NC(=O)c2ccccc2F)ccc1=O. The molecule has 0 fully saturated rings. The number of nitrogens with one attached hydrogen (secondary N) is 1. The van der Waals surface area contributed by atoms with Crippen molar-refractivity contribution < 1.29 is 13.9 Å². The number of pyridine rings is 1. The molecule has 2 rings (SSSR count). The first-order valence-corrected chi connectivity index (χ1v) is 6.37. The summed E-state index contributed by atoms with van der Waals surface area (Å²) in [6.07, 6.45) is 1.50. The van der Waals surface area contributed by atoms with Crippen LogP contribution >= 0.6 is 0 Å². The maximum Gasteiger partial charge on any atom is 0.258 e. The topological polar surface area (TPSA) is 60.3 Å². The average Bonchev–Trinajstić information content (AvgIpc) is 2.48. The third-order valence-corrected chi connectivity index (χ3v) is 2.90. The Bertz CT molecular complexity index is 697. The van der Waals surface area contributed by atoms with Crippen LogP contribution in [0.4, 0.5) is 10.1 Å². The fraction of sp³-hybridized carbons (Fsp3) is 0.200. The number of hydrogen-bond donors (Lipinski definition) is 1. The van der Waals surface area contributed by atoms with E-state index in [1.165, 1.54) is 48.2 Å². The molecule has 0 radical (unpaired) electrons. The Morgan fingerprint density at radius 2 is 2.05 bits per heavy atom. The molecule has 6 heteroatoms. The lowest BCUT2D eigenvalue weighted by atomic mass is 10.2. The van der Waals surface area contributed by atoms with E-state index in [4.69, 9.17) is 4.74 Å². The van der Waals surface area contributed by atoms with E-state index in [9.17, 15) is 14.0 Å². The first kappa shape index (κ1) is 14.9. The van der Waals surface area contributed by atoms with Gasteiger partial charge >= 0.3 is 0 Å². The minimum absolute atomic E-state index is 0.0489. The van der Waals surface area contributed by atoms with E-state index in [0.717, 1.165) is 0 Å². The molecule has 21 heavy (non-hydrogen) atoms. The molecule has 0 aliphatic rings. The highest BCUT2D eigenvalue weighted by Gasteiger charge is 2.11. The van der Waals surface area contributed by atoms with E-state index in [0.29, 0.717) is 18.8 Å². The lowest BCUT2D eigenvalue weighted by Crippen LogP contribution is -2.22. The first-order chi connectivity index (χ1) is 10.1. The molecule has 0 saturated carbocycles. The van der Waals surface area contributed by atoms with E-state index < -0.39 is 11.7 Å². The Labute approximate surface area is 121 Å². The Morgan fingerprint density at radius 1 is 1.29 bits per heavy atom. The van der Waals surface area contributed by atoms with Crippen LogP contribution in [0.15, 0.2) is 47.4 Å². The normalized spacial score (nSPS) is 10.4. The van der Waals surface area contributed by atoms with E-state index in [-0.39, 0.29) is 11.1 Å². The van der Waals surface area contributed by atoms with E-state index in [1.807, 2.05) is 0 Å². The molecular weight excluding hydrogens is 275 g/mol. The first-order valence-electron chi connectivity index (χ1n) is 6.37. The number of aromatic nitrogens is 1. The van der Waals surface area contributed by atoms with Gasteiger partial charge in [0.25, 0.3) is 11.5 Å². The standard InChI is InChI=1S/C15H15FN2O3/c1-21-9-8-18-10-11(6-7-14(18)19)17-15(20)12-4-2-3-5-13(12)16/h2-7,10H,8-9H2,1H3,(H,17,20). The fourth-order valence-corrected chi connectivity index (χ4v) is 1.81. The minimum Gasteiger partial charge on any atom is -0.383 e. The van der Waals surface area contributed by atoms with Crippen molar-refractivity contribution in [2.45, 2.75) is 6.54 Å². The molecule has 5 nitrogen and oxygen atoms in total. The third kappa shape index (κ3) is 3.76. The second kappa shape index (κ2) is 6.81. The fourth-order valence-electron chi connectivity index (χ4n) is 1.81. The number of benzene rings is 1. The maximum atomic E-state index is 13.5. The summed E-state index contributed by atoms with van der Waals surface area (Å²) in [5, 5.41) is 2.56. The number of ether oxygens (including phenoxy) is 1. The van der Waals surface area contributed by atoms with Crippen molar-refractivity contribution in [3.05, 3.63) is 64.3 Å². The summed E-state index contributed by atoms with van der Waals surface area (Å²) >= 11 is 0. The van der Waals surface area contributed by atoms with Gasteiger partial charge in [0.2, 0.25) is 0 Å². The number of anilines is 1. The molecule has 2 aromatic rings. The number of rotatable bonds is 5. The average molecular weight is 290 g/mol. The summed E-state index contributed by atoms with van der Waals surface area (Å²) in [7, 11) is 1.54. The van der Waals surface area contributed by atoms with Crippen LogP contribution in [-0.2, 0) is 11.3 Å². The number of halogens is 1. The number of methoxy groups -OCH3 is 1. The number of nitrogens with zero attached hydrogens (tertiary/aromatic N) is 1. The zero-order valence-corrected chi connectivity index (χ0v) is 11.5.